The maximum absolute atomic E-state index is 13.6. The Morgan fingerprint density at radius 2 is 1.90 bits per heavy atom. The minimum atomic E-state index is -0.949. The molecule has 0 atom stereocenters. The quantitative estimate of drug-likeness (QED) is 0.624. The van der Waals surface area contributed by atoms with Gasteiger partial charge in [-0.1, -0.05) is 23.9 Å². The Hall–Kier alpha value is -2.94. The van der Waals surface area contributed by atoms with Gasteiger partial charge in [0.05, 0.1) is 12.3 Å². The van der Waals surface area contributed by atoms with Gasteiger partial charge in [-0.25, -0.2) is 18.5 Å². The smallest absolute Gasteiger partial charge is 0.252 e. The molecule has 3 aromatic rings. The van der Waals surface area contributed by atoms with Gasteiger partial charge in [0.15, 0.2) is 17.5 Å². The Kier molecular flexibility index (Phi) is 4.90. The summed E-state index contributed by atoms with van der Waals surface area (Å²) >= 11 is 1.28. The fraction of sp³-hybridized carbons (Fsp3) is 0.286. The molecule has 0 radical (unpaired) electrons. The van der Waals surface area contributed by atoms with Crippen LogP contribution in [0, 0.1) is 11.6 Å². The van der Waals surface area contributed by atoms with E-state index in [-0.39, 0.29) is 24.8 Å². The number of halogens is 2. The number of hydrogen-bond donors (Lipinski definition) is 0. The van der Waals surface area contributed by atoms with Crippen molar-refractivity contribution in [1.29, 1.82) is 0 Å². The van der Waals surface area contributed by atoms with Crippen LogP contribution < -0.4 is 9.75 Å². The Labute approximate surface area is 175 Å². The zero-order chi connectivity index (χ0) is 20.7. The molecule has 0 saturated heterocycles. The molecule has 2 heterocycles. The Bertz CT molecular complexity index is 1130. The van der Waals surface area contributed by atoms with Crippen molar-refractivity contribution in [1.82, 2.24) is 14.9 Å². The summed E-state index contributed by atoms with van der Waals surface area (Å²) in [7, 11) is 0. The van der Waals surface area contributed by atoms with Crippen LogP contribution in [0.2, 0.25) is 0 Å². The van der Waals surface area contributed by atoms with Gasteiger partial charge in [0.2, 0.25) is 5.16 Å². The molecule has 0 spiro atoms. The molecule has 0 unspecified atom stereocenters. The van der Waals surface area contributed by atoms with Gasteiger partial charge in [-0.3, -0.25) is 4.79 Å². The second-order valence-corrected chi connectivity index (χ2v) is 8.21. The zero-order valence-corrected chi connectivity index (χ0v) is 16.8. The van der Waals surface area contributed by atoms with Crippen molar-refractivity contribution in [3.63, 3.8) is 0 Å². The summed E-state index contributed by atoms with van der Waals surface area (Å²) in [6.45, 7) is 0.210. The molecule has 2 aliphatic rings. The first-order valence-corrected chi connectivity index (χ1v) is 10.6. The van der Waals surface area contributed by atoms with Crippen LogP contribution in [0.1, 0.15) is 28.9 Å². The molecule has 30 heavy (non-hydrogen) atoms. The predicted octanol–water partition coefficient (Wildman–Crippen LogP) is 3.39. The number of thioether (sulfide) groups is 1. The van der Waals surface area contributed by atoms with Crippen LogP contribution in [-0.2, 0) is 30.8 Å². The molecule has 0 saturated carbocycles. The van der Waals surface area contributed by atoms with Crippen LogP contribution in [0.4, 0.5) is 8.78 Å². The Morgan fingerprint density at radius 3 is 2.77 bits per heavy atom. The van der Waals surface area contributed by atoms with Gasteiger partial charge < -0.3 is 4.74 Å². The standard InChI is InChI=1S/C21H18F2N4O2S/c22-17-7-4-13(8-18(17)23)10-26-20(28)12-30-21-25-24-19(27(21)26)11-29-16-6-5-14-2-1-3-15(14)9-16/h4-9H,1-3,10-12H2. The van der Waals surface area contributed by atoms with Gasteiger partial charge in [0.1, 0.15) is 12.4 Å². The minimum absolute atomic E-state index is 0.0769. The van der Waals surface area contributed by atoms with E-state index in [2.05, 4.69) is 22.3 Å². The van der Waals surface area contributed by atoms with Gasteiger partial charge >= 0.3 is 0 Å². The fourth-order valence-corrected chi connectivity index (χ4v) is 4.61. The van der Waals surface area contributed by atoms with E-state index in [4.69, 9.17) is 4.74 Å². The second kappa shape index (κ2) is 7.71. The van der Waals surface area contributed by atoms with Gasteiger partial charge in [-0.15, -0.1) is 10.2 Å². The number of nitrogens with zero attached hydrogens (tertiary/aromatic N) is 4. The fourth-order valence-electron chi connectivity index (χ4n) is 3.79. The highest BCUT2D eigenvalue weighted by atomic mass is 32.2. The lowest BCUT2D eigenvalue weighted by atomic mass is 10.1. The van der Waals surface area contributed by atoms with Crippen molar-refractivity contribution >= 4 is 17.7 Å². The molecule has 5 rings (SSSR count). The van der Waals surface area contributed by atoms with Crippen molar-refractivity contribution in [2.45, 2.75) is 37.6 Å². The molecule has 1 amide bonds. The molecule has 0 bridgehead atoms. The van der Waals surface area contributed by atoms with Crippen molar-refractivity contribution in [2.24, 2.45) is 0 Å². The molecule has 1 aromatic heterocycles. The number of carbonyl (C=O) groups is 1. The second-order valence-electron chi connectivity index (χ2n) is 7.27. The third kappa shape index (κ3) is 3.54. The first kappa shape index (κ1) is 19.0. The van der Waals surface area contributed by atoms with E-state index < -0.39 is 11.6 Å². The lowest BCUT2D eigenvalue weighted by Gasteiger charge is -2.29. The number of amides is 1. The average molecular weight is 428 g/mol. The first-order valence-electron chi connectivity index (χ1n) is 9.65. The molecule has 9 heteroatoms. The molecule has 6 nitrogen and oxygen atoms in total. The zero-order valence-electron chi connectivity index (χ0n) is 16.0. The van der Waals surface area contributed by atoms with Crippen molar-refractivity contribution in [2.75, 3.05) is 10.8 Å². The molecule has 0 fully saturated rings. The Morgan fingerprint density at radius 1 is 1.03 bits per heavy atom. The average Bonchev–Trinajstić information content (AvgIpc) is 3.37. The molecule has 1 aliphatic carbocycles. The third-order valence-electron chi connectivity index (χ3n) is 5.28. The first-order chi connectivity index (χ1) is 14.6. The minimum Gasteiger partial charge on any atom is -0.486 e. The van der Waals surface area contributed by atoms with Crippen molar-refractivity contribution in [3.05, 3.63) is 70.5 Å². The van der Waals surface area contributed by atoms with E-state index in [0.29, 0.717) is 16.5 Å². The van der Waals surface area contributed by atoms with E-state index in [0.717, 1.165) is 37.1 Å². The monoisotopic (exact) mass is 428 g/mol. The summed E-state index contributed by atoms with van der Waals surface area (Å²) in [5.74, 6) is -0.629. The Balaban J connectivity index is 1.38. The molecular formula is C21H18F2N4O2S. The highest BCUT2D eigenvalue weighted by molar-refractivity contribution is 7.99. The highest BCUT2D eigenvalue weighted by Gasteiger charge is 2.29. The van der Waals surface area contributed by atoms with Crippen LogP contribution in [0.25, 0.3) is 0 Å². The number of ether oxygens (including phenoxy) is 1. The third-order valence-corrected chi connectivity index (χ3v) is 6.19. The summed E-state index contributed by atoms with van der Waals surface area (Å²) in [5.41, 5.74) is 3.14. The summed E-state index contributed by atoms with van der Waals surface area (Å²) in [6, 6.07) is 9.68. The summed E-state index contributed by atoms with van der Waals surface area (Å²) < 4.78 is 34.4. The molecule has 1 aliphatic heterocycles. The number of aromatic nitrogens is 3. The highest BCUT2D eigenvalue weighted by Crippen LogP contribution is 2.28. The summed E-state index contributed by atoms with van der Waals surface area (Å²) in [4.78, 5) is 12.6. The van der Waals surface area contributed by atoms with Gasteiger partial charge in [-0.2, -0.15) is 0 Å². The molecular weight excluding hydrogens is 410 g/mol. The number of hydrogen-bond acceptors (Lipinski definition) is 5. The van der Waals surface area contributed by atoms with E-state index in [1.165, 1.54) is 34.0 Å². The van der Waals surface area contributed by atoms with Crippen LogP contribution in [0.3, 0.4) is 0 Å². The number of carbonyl (C=O) groups excluding carboxylic acids is 1. The lowest BCUT2D eigenvalue weighted by molar-refractivity contribution is -0.118. The van der Waals surface area contributed by atoms with Gasteiger partial charge in [0, 0.05) is 0 Å². The normalized spacial score (nSPS) is 15.3. The van der Waals surface area contributed by atoms with Crippen LogP contribution in [0.5, 0.6) is 5.75 Å². The van der Waals surface area contributed by atoms with Crippen LogP contribution in [0.15, 0.2) is 41.6 Å². The topological polar surface area (TPSA) is 60.2 Å². The summed E-state index contributed by atoms with van der Waals surface area (Å²) in [6.07, 6.45) is 3.32. The van der Waals surface area contributed by atoms with E-state index in [1.54, 1.807) is 4.68 Å². The van der Waals surface area contributed by atoms with E-state index in [9.17, 15) is 13.6 Å². The van der Waals surface area contributed by atoms with E-state index >= 15 is 0 Å². The van der Waals surface area contributed by atoms with E-state index in [1.807, 2.05) is 6.07 Å². The molecule has 0 N–H and O–H groups in total. The van der Waals surface area contributed by atoms with Crippen LogP contribution >= 0.6 is 11.8 Å². The SMILES string of the molecule is O=C1CSc2nnc(COc3ccc4c(c3)CCC4)n2N1Cc1ccc(F)c(F)c1. The predicted molar refractivity (Wildman–Crippen MR) is 107 cm³/mol. The lowest BCUT2D eigenvalue weighted by Crippen LogP contribution is -2.45. The number of benzene rings is 2. The summed E-state index contributed by atoms with van der Waals surface area (Å²) in [5, 5.41) is 10.3. The maximum atomic E-state index is 13.6. The van der Waals surface area contributed by atoms with Crippen molar-refractivity contribution in [3.8, 4) is 5.75 Å². The van der Waals surface area contributed by atoms with Gasteiger partial charge in [0.25, 0.3) is 5.91 Å². The number of aryl methyl sites for hydroxylation is 2. The number of fused-ring (bicyclic) bond motifs is 2. The maximum Gasteiger partial charge on any atom is 0.252 e. The van der Waals surface area contributed by atoms with Crippen LogP contribution in [-0.4, -0.2) is 26.5 Å². The number of rotatable bonds is 5. The van der Waals surface area contributed by atoms with Gasteiger partial charge in [-0.05, 0) is 60.2 Å². The molecule has 154 valence electrons. The van der Waals surface area contributed by atoms with Crippen molar-refractivity contribution < 1.29 is 18.3 Å². The largest absolute Gasteiger partial charge is 0.486 e. The molecule has 2 aromatic carbocycles.